The molecule has 0 saturated heterocycles. The number of carbonyl (C=O) groups is 1. The molecule has 7 atom stereocenters. The summed E-state index contributed by atoms with van der Waals surface area (Å²) in [5.74, 6) is 1.63. The van der Waals surface area contributed by atoms with Crippen molar-refractivity contribution < 1.29 is 14.6 Å². The quantitative estimate of drug-likeness (QED) is 0.215. The Balaban J connectivity index is 1.36. The summed E-state index contributed by atoms with van der Waals surface area (Å²) >= 11 is 0. The van der Waals surface area contributed by atoms with Crippen LogP contribution in [0, 0.1) is 45.8 Å². The van der Waals surface area contributed by atoms with Crippen LogP contribution < -0.4 is 0 Å². The van der Waals surface area contributed by atoms with Crippen molar-refractivity contribution in [3.63, 3.8) is 0 Å². The highest BCUT2D eigenvalue weighted by atomic mass is 16.7. The number of fused-ring (bicyclic) bond motifs is 4. The summed E-state index contributed by atoms with van der Waals surface area (Å²) in [4.78, 5) is 13.0. The fourth-order valence-corrected chi connectivity index (χ4v) is 10.2. The van der Waals surface area contributed by atoms with Gasteiger partial charge >= 0.3 is 5.97 Å². The molecule has 3 heteroatoms. The Kier molecular flexibility index (Phi) is 7.66. The predicted molar refractivity (Wildman–Crippen MR) is 159 cm³/mol. The lowest BCUT2D eigenvalue weighted by atomic mass is 9.45. The van der Waals surface area contributed by atoms with Crippen LogP contribution in [0.3, 0.4) is 0 Å². The van der Waals surface area contributed by atoms with Crippen LogP contribution in [0.5, 0.6) is 0 Å². The van der Waals surface area contributed by atoms with E-state index in [1.54, 1.807) is 23.3 Å². The van der Waals surface area contributed by atoms with Gasteiger partial charge in [-0.1, -0.05) is 97.1 Å². The highest BCUT2D eigenvalue weighted by Gasteiger charge is 2.64. The topological polar surface area (TPSA) is 46.5 Å². The van der Waals surface area contributed by atoms with Crippen molar-refractivity contribution in [1.82, 2.24) is 0 Å². The Morgan fingerprint density at radius 3 is 2.36 bits per heavy atom. The number of carbonyl (C=O) groups excluding carboxylic acids is 1. The lowest BCUT2D eigenvalue weighted by molar-refractivity contribution is -0.284. The van der Waals surface area contributed by atoms with Gasteiger partial charge in [-0.05, 0) is 97.5 Å². The average molecular weight is 535 g/mol. The molecule has 4 aliphatic carbocycles. The molecule has 2 fully saturated rings. The minimum absolute atomic E-state index is 0.0742. The zero-order valence-electron chi connectivity index (χ0n) is 25.8. The molecule has 5 rings (SSSR count). The Morgan fingerprint density at radius 1 is 0.949 bits per heavy atom. The molecule has 216 valence electrons. The van der Waals surface area contributed by atoms with Crippen molar-refractivity contribution in [2.24, 2.45) is 45.8 Å². The highest BCUT2D eigenvalue weighted by molar-refractivity contribution is 5.89. The molecule has 4 aliphatic rings. The minimum Gasteiger partial charge on any atom is -0.429 e. The van der Waals surface area contributed by atoms with Gasteiger partial charge in [0.05, 0.1) is 5.56 Å². The van der Waals surface area contributed by atoms with Crippen molar-refractivity contribution in [3.8, 4) is 0 Å². The molecule has 1 aromatic rings. The molecule has 39 heavy (non-hydrogen) atoms. The minimum atomic E-state index is -1.45. The van der Waals surface area contributed by atoms with E-state index in [1.807, 2.05) is 18.2 Å². The molecule has 0 aromatic heterocycles. The smallest absolute Gasteiger partial charge is 0.340 e. The third-order valence-corrected chi connectivity index (χ3v) is 12.6. The van der Waals surface area contributed by atoms with Crippen LogP contribution in [0.4, 0.5) is 0 Å². The molecule has 0 radical (unpaired) electrons. The molecule has 1 N–H and O–H groups in total. The van der Waals surface area contributed by atoms with Crippen molar-refractivity contribution in [1.29, 1.82) is 0 Å². The first-order valence-electron chi connectivity index (χ1n) is 16.1. The van der Waals surface area contributed by atoms with E-state index in [4.69, 9.17) is 4.74 Å². The van der Waals surface area contributed by atoms with Gasteiger partial charge in [0, 0.05) is 11.8 Å². The number of ether oxygens (including phenoxy) is 1. The second kappa shape index (κ2) is 10.3. The lowest BCUT2D eigenvalue weighted by Crippen LogP contribution is -2.61. The Hall–Kier alpha value is -1.61. The zero-order chi connectivity index (χ0) is 28.2. The van der Waals surface area contributed by atoms with Crippen LogP contribution in [0.2, 0.25) is 0 Å². The van der Waals surface area contributed by atoms with Gasteiger partial charge in [-0.15, -0.1) is 0 Å². The van der Waals surface area contributed by atoms with Crippen LogP contribution in [-0.4, -0.2) is 16.9 Å². The molecular formula is C36H54O3. The maximum absolute atomic E-state index is 13.0. The monoisotopic (exact) mass is 534 g/mol. The number of rotatable bonds is 7. The van der Waals surface area contributed by atoms with E-state index in [9.17, 15) is 9.90 Å². The number of benzene rings is 1. The number of aliphatic hydroxyl groups is 1. The Labute approximate surface area is 238 Å². The lowest BCUT2D eigenvalue weighted by Gasteiger charge is -2.62. The molecule has 0 bridgehead atoms. The van der Waals surface area contributed by atoms with Gasteiger partial charge in [-0.2, -0.15) is 0 Å². The van der Waals surface area contributed by atoms with Crippen LogP contribution in [0.1, 0.15) is 129 Å². The van der Waals surface area contributed by atoms with E-state index >= 15 is 0 Å². The maximum atomic E-state index is 13.0. The Morgan fingerprint density at radius 2 is 1.67 bits per heavy atom. The molecule has 0 aliphatic heterocycles. The summed E-state index contributed by atoms with van der Waals surface area (Å²) in [5, 5.41) is 11.9. The van der Waals surface area contributed by atoms with Crippen LogP contribution in [-0.2, 0) is 4.74 Å². The van der Waals surface area contributed by atoms with Gasteiger partial charge in [0.25, 0.3) is 0 Å². The predicted octanol–water partition coefficient (Wildman–Crippen LogP) is 9.35. The summed E-state index contributed by atoms with van der Waals surface area (Å²) in [6, 6.07) is 9.11. The fourth-order valence-electron chi connectivity index (χ4n) is 10.2. The van der Waals surface area contributed by atoms with Crippen LogP contribution in [0.15, 0.2) is 41.5 Å². The molecule has 2 unspecified atom stereocenters. The van der Waals surface area contributed by atoms with Crippen LogP contribution in [0.25, 0.3) is 0 Å². The molecule has 3 nitrogen and oxygen atoms in total. The number of hydrogen-bond donors (Lipinski definition) is 1. The van der Waals surface area contributed by atoms with Gasteiger partial charge in [0.1, 0.15) is 0 Å². The maximum Gasteiger partial charge on any atom is 0.340 e. The van der Waals surface area contributed by atoms with Crippen molar-refractivity contribution in [3.05, 3.63) is 47.0 Å². The second-order valence-electron chi connectivity index (χ2n) is 15.3. The van der Waals surface area contributed by atoms with Crippen LogP contribution >= 0.6 is 0 Å². The second-order valence-corrected chi connectivity index (χ2v) is 15.3. The SMILES string of the molecule is CC(C)CCC[C@@H](C)[C@H]1CC[C@H]2C3=C(CC[C@]12C)[C@@]1(C)CCC(O)(OC(=O)c2ccccc2)C(C)(C)C1CC3. The van der Waals surface area contributed by atoms with E-state index in [-0.39, 0.29) is 5.41 Å². The summed E-state index contributed by atoms with van der Waals surface area (Å²) in [7, 11) is 0. The molecule has 0 spiro atoms. The van der Waals surface area contributed by atoms with E-state index < -0.39 is 17.2 Å². The first kappa shape index (κ1) is 28.9. The van der Waals surface area contributed by atoms with E-state index in [2.05, 4.69) is 48.5 Å². The number of allylic oxidation sites excluding steroid dienone is 2. The fraction of sp³-hybridized carbons (Fsp3) is 0.750. The van der Waals surface area contributed by atoms with Gasteiger partial charge in [0.15, 0.2) is 0 Å². The van der Waals surface area contributed by atoms with Gasteiger partial charge in [0.2, 0.25) is 5.79 Å². The zero-order valence-corrected chi connectivity index (χ0v) is 25.8. The molecule has 0 heterocycles. The summed E-state index contributed by atoms with van der Waals surface area (Å²) in [6.45, 7) is 16.7. The number of esters is 1. The molecule has 0 amide bonds. The largest absolute Gasteiger partial charge is 0.429 e. The third-order valence-electron chi connectivity index (χ3n) is 12.6. The van der Waals surface area contributed by atoms with E-state index in [0.29, 0.717) is 23.3 Å². The first-order valence-corrected chi connectivity index (χ1v) is 16.1. The Bertz CT molecular complexity index is 1090. The van der Waals surface area contributed by atoms with Crippen molar-refractivity contribution >= 4 is 5.97 Å². The van der Waals surface area contributed by atoms with Gasteiger partial charge in [-0.25, -0.2) is 4.79 Å². The summed E-state index contributed by atoms with van der Waals surface area (Å²) < 4.78 is 5.98. The molecule has 2 saturated carbocycles. The summed E-state index contributed by atoms with van der Waals surface area (Å²) in [6.07, 6.45) is 13.0. The van der Waals surface area contributed by atoms with Crippen molar-refractivity contribution in [2.75, 3.05) is 0 Å². The third kappa shape index (κ3) is 4.73. The normalized spacial score (nSPS) is 38.1. The average Bonchev–Trinajstić information content (AvgIpc) is 3.24. The molecule has 1 aromatic carbocycles. The number of hydrogen-bond acceptors (Lipinski definition) is 3. The summed E-state index contributed by atoms with van der Waals surface area (Å²) in [5.41, 5.74) is 4.01. The van der Waals surface area contributed by atoms with Crippen molar-refractivity contribution in [2.45, 2.75) is 125 Å². The van der Waals surface area contributed by atoms with E-state index in [1.165, 1.54) is 44.9 Å². The standard InChI is InChI=1S/C36H54O3/c1-24(2)12-11-13-25(3)28-17-18-29-27-16-19-31-33(4,5)36(38,39-32(37)26-14-9-8-10-15-26)23-22-35(31,7)30(27)20-21-34(28,29)6/h8-10,14-15,24-25,28-29,31,38H,11-13,16-23H2,1-7H3/t25-,28-,29+,31?,34-,35-,36?/m1/s1. The first-order chi connectivity index (χ1) is 18.3. The molecular weight excluding hydrogens is 480 g/mol. The van der Waals surface area contributed by atoms with Gasteiger partial charge < -0.3 is 9.84 Å². The highest BCUT2D eigenvalue weighted by Crippen LogP contribution is 2.69. The van der Waals surface area contributed by atoms with E-state index in [0.717, 1.165) is 42.9 Å². The van der Waals surface area contributed by atoms with Gasteiger partial charge in [-0.3, -0.25) is 0 Å².